The van der Waals surface area contributed by atoms with E-state index in [0.29, 0.717) is 11.0 Å². The van der Waals surface area contributed by atoms with E-state index in [9.17, 15) is 4.79 Å². The average Bonchev–Trinajstić information content (AvgIpc) is 2.44. The Hall–Kier alpha value is -0.790. The van der Waals surface area contributed by atoms with E-state index < -0.39 is 5.97 Å². The third-order valence-electron chi connectivity index (χ3n) is 3.30. The van der Waals surface area contributed by atoms with Crippen LogP contribution in [0.2, 0.25) is 0 Å². The van der Waals surface area contributed by atoms with Crippen LogP contribution in [0.5, 0.6) is 0 Å². The van der Waals surface area contributed by atoms with Crippen LogP contribution in [0.15, 0.2) is 11.6 Å². The van der Waals surface area contributed by atoms with Gasteiger partial charge in [-0.15, -0.1) is 0 Å². The van der Waals surface area contributed by atoms with Gasteiger partial charge in [0.1, 0.15) is 0 Å². The number of carboxylic acid groups (broad SMARTS) is 1. The molecule has 0 unspecified atom stereocenters. The minimum absolute atomic E-state index is 0.299. The summed E-state index contributed by atoms with van der Waals surface area (Å²) in [6.45, 7) is 1.70. The Morgan fingerprint density at radius 3 is 2.67 bits per heavy atom. The van der Waals surface area contributed by atoms with Crippen LogP contribution in [-0.2, 0) is 4.79 Å². The van der Waals surface area contributed by atoms with Crippen LogP contribution in [0.25, 0.3) is 0 Å². The molecule has 0 aromatic carbocycles. The van der Waals surface area contributed by atoms with E-state index >= 15 is 0 Å². The van der Waals surface area contributed by atoms with E-state index in [0.717, 1.165) is 5.92 Å². The summed E-state index contributed by atoms with van der Waals surface area (Å²) < 4.78 is 0. The maximum Gasteiger partial charge on any atom is 0.330 e. The Bertz CT molecular complexity index is 241. The van der Waals surface area contributed by atoms with Crippen molar-refractivity contribution in [3.8, 4) is 0 Å². The molecular formula is C10H14O2. The Morgan fingerprint density at radius 1 is 1.58 bits per heavy atom. The van der Waals surface area contributed by atoms with Crippen LogP contribution < -0.4 is 0 Å². The van der Waals surface area contributed by atoms with Crippen molar-refractivity contribution in [2.75, 3.05) is 0 Å². The largest absolute Gasteiger partial charge is 0.478 e. The molecule has 0 aromatic rings. The number of hydrogen-bond acceptors (Lipinski definition) is 1. The highest BCUT2D eigenvalue weighted by molar-refractivity contribution is 5.85. The lowest BCUT2D eigenvalue weighted by Crippen LogP contribution is -2.26. The Morgan fingerprint density at radius 2 is 2.25 bits per heavy atom. The van der Waals surface area contributed by atoms with E-state index in [2.05, 4.69) is 0 Å². The first kappa shape index (κ1) is 7.84. The van der Waals surface area contributed by atoms with E-state index in [4.69, 9.17) is 5.11 Å². The van der Waals surface area contributed by atoms with Gasteiger partial charge in [-0.3, -0.25) is 0 Å². The monoisotopic (exact) mass is 166 g/mol. The standard InChI is InChI=1S/C10H14O2/c1-7(9(11)12)4-10-3-2-8(5-10)6-10/h4,8H,2-3,5-6H2,1H3,(H,11,12). The molecule has 66 valence electrons. The zero-order valence-electron chi connectivity index (χ0n) is 7.34. The number of rotatable bonds is 2. The molecule has 1 N–H and O–H groups in total. The molecule has 0 radical (unpaired) electrons. The fraction of sp³-hybridized carbons (Fsp3) is 0.700. The molecule has 3 saturated carbocycles. The predicted molar refractivity (Wildman–Crippen MR) is 45.8 cm³/mol. The molecule has 2 nitrogen and oxygen atoms in total. The van der Waals surface area contributed by atoms with Gasteiger partial charge in [0.05, 0.1) is 0 Å². The van der Waals surface area contributed by atoms with Gasteiger partial charge in [0.15, 0.2) is 0 Å². The smallest absolute Gasteiger partial charge is 0.330 e. The molecule has 0 atom stereocenters. The maximum atomic E-state index is 10.6. The third kappa shape index (κ3) is 1.06. The van der Waals surface area contributed by atoms with Gasteiger partial charge in [0, 0.05) is 5.57 Å². The molecule has 2 bridgehead atoms. The summed E-state index contributed by atoms with van der Waals surface area (Å²) in [6, 6.07) is 0. The molecule has 0 aliphatic heterocycles. The number of fused-ring (bicyclic) bond motifs is 1. The highest BCUT2D eigenvalue weighted by Crippen LogP contribution is 2.59. The van der Waals surface area contributed by atoms with Crippen molar-refractivity contribution in [2.24, 2.45) is 11.3 Å². The van der Waals surface area contributed by atoms with Gasteiger partial charge in [0.25, 0.3) is 0 Å². The number of carbonyl (C=O) groups is 1. The molecule has 3 rings (SSSR count). The zero-order valence-corrected chi connectivity index (χ0v) is 7.34. The van der Waals surface area contributed by atoms with Crippen molar-refractivity contribution in [3.63, 3.8) is 0 Å². The molecule has 0 spiro atoms. The first-order valence-electron chi connectivity index (χ1n) is 4.54. The van der Waals surface area contributed by atoms with Crippen LogP contribution in [0, 0.1) is 11.3 Å². The van der Waals surface area contributed by atoms with Crippen LogP contribution in [0.1, 0.15) is 32.6 Å². The second-order valence-electron chi connectivity index (χ2n) is 4.31. The lowest BCUT2D eigenvalue weighted by molar-refractivity contribution is -0.132. The Kier molecular flexibility index (Phi) is 1.53. The third-order valence-corrected chi connectivity index (χ3v) is 3.30. The first-order chi connectivity index (χ1) is 5.61. The Balaban J connectivity index is 2.11. The lowest BCUT2D eigenvalue weighted by atomic mass is 9.69. The van der Waals surface area contributed by atoms with E-state index in [1.54, 1.807) is 6.92 Å². The number of aliphatic carboxylic acids is 1. The minimum Gasteiger partial charge on any atom is -0.478 e. The van der Waals surface area contributed by atoms with Crippen LogP contribution in [0.3, 0.4) is 0 Å². The Labute approximate surface area is 72.3 Å². The minimum atomic E-state index is -0.764. The van der Waals surface area contributed by atoms with Crippen molar-refractivity contribution < 1.29 is 9.90 Å². The predicted octanol–water partition coefficient (Wildman–Crippen LogP) is 2.21. The molecule has 0 heterocycles. The van der Waals surface area contributed by atoms with Crippen molar-refractivity contribution in [1.29, 1.82) is 0 Å². The van der Waals surface area contributed by atoms with Gasteiger partial charge in [-0.2, -0.15) is 0 Å². The van der Waals surface area contributed by atoms with Gasteiger partial charge in [-0.05, 0) is 43.9 Å². The fourth-order valence-electron chi connectivity index (χ4n) is 2.70. The van der Waals surface area contributed by atoms with Crippen molar-refractivity contribution >= 4 is 5.97 Å². The SMILES string of the molecule is CC(=CC12CCC(C1)C2)C(=O)O. The number of hydrogen-bond donors (Lipinski definition) is 1. The molecule has 0 aromatic heterocycles. The zero-order chi connectivity index (χ0) is 8.77. The summed E-state index contributed by atoms with van der Waals surface area (Å²) in [4.78, 5) is 10.6. The summed E-state index contributed by atoms with van der Waals surface area (Å²) in [7, 11) is 0. The van der Waals surface area contributed by atoms with Gasteiger partial charge < -0.3 is 5.11 Å². The average molecular weight is 166 g/mol. The summed E-state index contributed by atoms with van der Waals surface area (Å²) in [6.07, 6.45) is 6.97. The quantitative estimate of drug-likeness (QED) is 0.638. The van der Waals surface area contributed by atoms with Crippen molar-refractivity contribution in [1.82, 2.24) is 0 Å². The van der Waals surface area contributed by atoms with E-state index in [-0.39, 0.29) is 0 Å². The molecule has 3 aliphatic carbocycles. The van der Waals surface area contributed by atoms with Gasteiger partial charge in [0.2, 0.25) is 0 Å². The second-order valence-corrected chi connectivity index (χ2v) is 4.31. The maximum absolute atomic E-state index is 10.6. The topological polar surface area (TPSA) is 37.3 Å². The van der Waals surface area contributed by atoms with Gasteiger partial charge in [-0.1, -0.05) is 6.08 Å². The second kappa shape index (κ2) is 2.35. The fourth-order valence-corrected chi connectivity index (χ4v) is 2.70. The molecule has 0 saturated heterocycles. The van der Waals surface area contributed by atoms with Crippen molar-refractivity contribution in [2.45, 2.75) is 32.6 Å². The molecular weight excluding hydrogens is 152 g/mol. The van der Waals surface area contributed by atoms with Gasteiger partial charge >= 0.3 is 5.97 Å². The van der Waals surface area contributed by atoms with Gasteiger partial charge in [-0.25, -0.2) is 4.79 Å². The molecule has 12 heavy (non-hydrogen) atoms. The molecule has 3 fully saturated rings. The lowest BCUT2D eigenvalue weighted by Gasteiger charge is -2.36. The highest BCUT2D eigenvalue weighted by Gasteiger charge is 2.48. The molecule has 0 amide bonds. The highest BCUT2D eigenvalue weighted by atomic mass is 16.4. The number of carboxylic acids is 1. The summed E-state index contributed by atoms with van der Waals surface area (Å²) in [5, 5.41) is 8.71. The summed E-state index contributed by atoms with van der Waals surface area (Å²) >= 11 is 0. The van der Waals surface area contributed by atoms with E-state index in [1.807, 2.05) is 6.08 Å². The van der Waals surface area contributed by atoms with Crippen LogP contribution in [-0.4, -0.2) is 11.1 Å². The number of allylic oxidation sites excluding steroid dienone is 1. The normalized spacial score (nSPS) is 39.4. The summed E-state index contributed by atoms with van der Waals surface area (Å²) in [5.74, 6) is 0.141. The first-order valence-corrected chi connectivity index (χ1v) is 4.54. The van der Waals surface area contributed by atoms with E-state index in [1.165, 1.54) is 25.7 Å². The molecule has 3 aliphatic rings. The van der Waals surface area contributed by atoms with Crippen molar-refractivity contribution in [3.05, 3.63) is 11.6 Å². The molecule has 2 heteroatoms. The van der Waals surface area contributed by atoms with Crippen LogP contribution in [0.4, 0.5) is 0 Å². The van der Waals surface area contributed by atoms with Crippen LogP contribution >= 0.6 is 0 Å². The summed E-state index contributed by atoms with van der Waals surface area (Å²) in [5.41, 5.74) is 0.822.